The van der Waals surface area contributed by atoms with Gasteiger partial charge >= 0.3 is 0 Å². The highest BCUT2D eigenvalue weighted by atomic mass is 32.1. The van der Waals surface area contributed by atoms with Crippen molar-refractivity contribution in [2.45, 2.75) is 45.6 Å². The zero-order chi connectivity index (χ0) is 16.4. The van der Waals surface area contributed by atoms with Crippen LogP contribution in [-0.2, 0) is 4.79 Å². The van der Waals surface area contributed by atoms with Crippen LogP contribution in [0, 0.1) is 13.8 Å². The van der Waals surface area contributed by atoms with Gasteiger partial charge in [-0.15, -0.1) is 11.3 Å². The first kappa shape index (κ1) is 16.1. The van der Waals surface area contributed by atoms with Gasteiger partial charge in [0.1, 0.15) is 0 Å². The molecule has 2 N–H and O–H groups in total. The molecule has 1 fully saturated rings. The number of hydrogen-bond donors (Lipinski definition) is 2. The van der Waals surface area contributed by atoms with E-state index in [1.54, 1.807) is 0 Å². The molecule has 0 saturated carbocycles. The highest BCUT2D eigenvalue weighted by Gasteiger charge is 2.28. The molecule has 23 heavy (non-hydrogen) atoms. The van der Waals surface area contributed by atoms with Gasteiger partial charge in [-0.1, -0.05) is 0 Å². The molecule has 0 bridgehead atoms. The molecule has 1 aliphatic heterocycles. The zero-order valence-corrected chi connectivity index (χ0v) is 14.6. The molecule has 3 heterocycles. The Hall–Kier alpha value is -1.73. The van der Waals surface area contributed by atoms with E-state index in [0.29, 0.717) is 11.0 Å². The minimum Gasteiger partial charge on any atom is -0.301 e. The van der Waals surface area contributed by atoms with E-state index >= 15 is 0 Å². The number of piperidine rings is 1. The van der Waals surface area contributed by atoms with Crippen LogP contribution in [0.15, 0.2) is 12.4 Å². The summed E-state index contributed by atoms with van der Waals surface area (Å²) in [6, 6.07) is -0.134. The number of rotatable bonds is 4. The summed E-state index contributed by atoms with van der Waals surface area (Å²) in [4.78, 5) is 20.2. The Kier molecular flexibility index (Phi) is 4.77. The number of amides is 1. The molecule has 2 aromatic rings. The summed E-state index contributed by atoms with van der Waals surface area (Å²) in [5.74, 6) is 0.574. The zero-order valence-electron chi connectivity index (χ0n) is 13.8. The second kappa shape index (κ2) is 6.80. The lowest BCUT2D eigenvalue weighted by Gasteiger charge is -2.34. The minimum absolute atomic E-state index is 0.0283. The Labute approximate surface area is 140 Å². The van der Waals surface area contributed by atoms with Gasteiger partial charge in [0, 0.05) is 11.1 Å². The molecule has 6 nitrogen and oxygen atoms in total. The van der Waals surface area contributed by atoms with E-state index < -0.39 is 0 Å². The molecule has 0 radical (unpaired) electrons. The topological polar surface area (TPSA) is 73.9 Å². The SMILES string of the molecule is Cc1nc(NC(=O)[C@@H](C)N2CCC(c3cn[nH]c3)CC2)sc1C. The van der Waals surface area contributed by atoms with Crippen molar-refractivity contribution in [1.82, 2.24) is 20.1 Å². The molecule has 0 spiro atoms. The second-order valence-corrected chi connectivity index (χ2v) is 7.37. The molecule has 3 rings (SSSR count). The maximum Gasteiger partial charge on any atom is 0.243 e. The van der Waals surface area contributed by atoms with E-state index in [2.05, 4.69) is 25.4 Å². The lowest BCUT2D eigenvalue weighted by Crippen LogP contribution is -2.45. The second-order valence-electron chi connectivity index (χ2n) is 6.17. The van der Waals surface area contributed by atoms with Crippen LogP contribution in [0.1, 0.15) is 41.8 Å². The van der Waals surface area contributed by atoms with Gasteiger partial charge in [-0.25, -0.2) is 4.98 Å². The molecule has 1 aliphatic rings. The molecule has 2 aromatic heterocycles. The smallest absolute Gasteiger partial charge is 0.243 e. The number of anilines is 1. The third kappa shape index (κ3) is 3.61. The molecule has 0 unspecified atom stereocenters. The maximum absolute atomic E-state index is 12.4. The first-order valence-corrected chi connectivity index (χ1v) is 8.84. The van der Waals surface area contributed by atoms with Crippen molar-refractivity contribution in [1.29, 1.82) is 0 Å². The van der Waals surface area contributed by atoms with E-state index in [-0.39, 0.29) is 11.9 Å². The Morgan fingerprint density at radius 3 is 2.74 bits per heavy atom. The number of aryl methyl sites for hydroxylation is 2. The highest BCUT2D eigenvalue weighted by molar-refractivity contribution is 7.15. The van der Waals surface area contributed by atoms with Crippen molar-refractivity contribution < 1.29 is 4.79 Å². The van der Waals surface area contributed by atoms with Gasteiger partial charge in [-0.05, 0) is 58.2 Å². The van der Waals surface area contributed by atoms with Crippen molar-refractivity contribution in [2.24, 2.45) is 0 Å². The van der Waals surface area contributed by atoms with Crippen LogP contribution in [-0.4, -0.2) is 45.1 Å². The van der Waals surface area contributed by atoms with Gasteiger partial charge in [-0.2, -0.15) is 5.10 Å². The molecule has 0 aromatic carbocycles. The number of thiazole rings is 1. The maximum atomic E-state index is 12.4. The van der Waals surface area contributed by atoms with Gasteiger partial charge in [0.2, 0.25) is 5.91 Å². The average Bonchev–Trinajstić information content (AvgIpc) is 3.17. The summed E-state index contributed by atoms with van der Waals surface area (Å²) in [5, 5.41) is 10.6. The Morgan fingerprint density at radius 2 is 2.17 bits per heavy atom. The van der Waals surface area contributed by atoms with Crippen LogP contribution < -0.4 is 5.32 Å². The normalized spacial score (nSPS) is 18.0. The van der Waals surface area contributed by atoms with E-state index in [0.717, 1.165) is 36.5 Å². The number of H-pyrrole nitrogens is 1. The number of carbonyl (C=O) groups is 1. The molecular formula is C16H23N5OS. The van der Waals surface area contributed by atoms with Crippen molar-refractivity contribution in [3.05, 3.63) is 28.5 Å². The van der Waals surface area contributed by atoms with E-state index in [9.17, 15) is 4.79 Å². The van der Waals surface area contributed by atoms with E-state index in [1.807, 2.05) is 33.2 Å². The summed E-state index contributed by atoms with van der Waals surface area (Å²) in [5.41, 5.74) is 2.26. The Balaban J connectivity index is 1.54. The van der Waals surface area contributed by atoms with Crippen LogP contribution in [0.4, 0.5) is 5.13 Å². The van der Waals surface area contributed by atoms with Crippen LogP contribution in [0.5, 0.6) is 0 Å². The fourth-order valence-corrected chi connectivity index (χ4v) is 3.82. The summed E-state index contributed by atoms with van der Waals surface area (Å²) in [6.45, 7) is 7.82. The van der Waals surface area contributed by atoms with Crippen LogP contribution in [0.2, 0.25) is 0 Å². The van der Waals surface area contributed by atoms with Crippen LogP contribution in [0.3, 0.4) is 0 Å². The number of carbonyl (C=O) groups excluding carboxylic acids is 1. The predicted molar refractivity (Wildman–Crippen MR) is 91.8 cm³/mol. The molecule has 1 saturated heterocycles. The standard InChI is InChI=1S/C16H23N5OS/c1-10-12(3)23-16(19-10)20-15(22)11(2)21-6-4-13(5-7-21)14-8-17-18-9-14/h8-9,11,13H,4-7H2,1-3H3,(H,17,18)(H,19,20,22)/t11-/m1/s1. The predicted octanol–water partition coefficient (Wildman–Crippen LogP) is 2.69. The van der Waals surface area contributed by atoms with Crippen LogP contribution >= 0.6 is 11.3 Å². The number of aromatic nitrogens is 3. The van der Waals surface area contributed by atoms with Gasteiger partial charge in [0.05, 0.1) is 17.9 Å². The number of nitrogens with one attached hydrogen (secondary N) is 2. The molecule has 124 valence electrons. The molecular weight excluding hydrogens is 310 g/mol. The number of likely N-dealkylation sites (tertiary alicyclic amines) is 1. The summed E-state index contributed by atoms with van der Waals surface area (Å²) < 4.78 is 0. The molecule has 1 atom stereocenters. The monoisotopic (exact) mass is 333 g/mol. The lowest BCUT2D eigenvalue weighted by molar-refractivity contribution is -0.121. The number of hydrogen-bond acceptors (Lipinski definition) is 5. The highest BCUT2D eigenvalue weighted by Crippen LogP contribution is 2.28. The molecule has 7 heteroatoms. The minimum atomic E-state index is -0.134. The number of aromatic amines is 1. The van der Waals surface area contributed by atoms with Gasteiger partial charge in [-0.3, -0.25) is 14.8 Å². The Morgan fingerprint density at radius 1 is 1.43 bits per heavy atom. The first-order valence-electron chi connectivity index (χ1n) is 8.02. The van der Waals surface area contributed by atoms with Crippen molar-refractivity contribution >= 4 is 22.4 Å². The quantitative estimate of drug-likeness (QED) is 0.902. The fraction of sp³-hybridized carbons (Fsp3) is 0.562. The average molecular weight is 333 g/mol. The summed E-state index contributed by atoms with van der Waals surface area (Å²) >= 11 is 1.53. The summed E-state index contributed by atoms with van der Waals surface area (Å²) in [6.07, 6.45) is 6.01. The number of nitrogens with zero attached hydrogens (tertiary/aromatic N) is 3. The third-order valence-corrected chi connectivity index (χ3v) is 5.69. The van der Waals surface area contributed by atoms with E-state index in [1.165, 1.54) is 16.9 Å². The van der Waals surface area contributed by atoms with Crippen LogP contribution in [0.25, 0.3) is 0 Å². The van der Waals surface area contributed by atoms with E-state index in [4.69, 9.17) is 0 Å². The third-order valence-electron chi connectivity index (χ3n) is 4.71. The van der Waals surface area contributed by atoms with Gasteiger partial charge in [0.25, 0.3) is 0 Å². The van der Waals surface area contributed by atoms with Crippen molar-refractivity contribution in [3.8, 4) is 0 Å². The Bertz CT molecular complexity index is 639. The molecule has 1 amide bonds. The first-order chi connectivity index (χ1) is 11.0. The fourth-order valence-electron chi connectivity index (χ4n) is 3.01. The largest absolute Gasteiger partial charge is 0.301 e. The van der Waals surface area contributed by atoms with Crippen molar-refractivity contribution in [2.75, 3.05) is 18.4 Å². The summed E-state index contributed by atoms with van der Waals surface area (Å²) in [7, 11) is 0. The lowest BCUT2D eigenvalue weighted by atomic mass is 9.91. The molecule has 0 aliphatic carbocycles. The van der Waals surface area contributed by atoms with Gasteiger partial charge < -0.3 is 5.32 Å². The van der Waals surface area contributed by atoms with Gasteiger partial charge in [0.15, 0.2) is 5.13 Å². The van der Waals surface area contributed by atoms with Crippen molar-refractivity contribution in [3.63, 3.8) is 0 Å².